The van der Waals surface area contributed by atoms with E-state index in [1.54, 1.807) is 11.3 Å². The number of hydrogen-bond donors (Lipinski definition) is 0. The largest absolute Gasteiger partial charge is 0.456 e. The van der Waals surface area contributed by atoms with Gasteiger partial charge in [0.05, 0.1) is 11.0 Å². The molecule has 0 saturated carbocycles. The summed E-state index contributed by atoms with van der Waals surface area (Å²) in [5.74, 6) is 1.94. The number of furan rings is 1. The first-order valence-electron chi connectivity index (χ1n) is 19.0. The highest BCUT2D eigenvalue weighted by molar-refractivity contribution is 7.26. The van der Waals surface area contributed by atoms with E-state index in [0.29, 0.717) is 17.5 Å². The maximum Gasteiger partial charge on any atom is 0.165 e. The summed E-state index contributed by atoms with van der Waals surface area (Å²) in [5.41, 5.74) is 10.2. The number of aromatic nitrogens is 4. The van der Waals surface area contributed by atoms with Gasteiger partial charge in [-0.2, -0.15) is 0 Å². The van der Waals surface area contributed by atoms with Crippen LogP contribution >= 0.6 is 11.3 Å². The molecule has 0 N–H and O–H groups in total. The lowest BCUT2D eigenvalue weighted by molar-refractivity contribution is 0.669. The Balaban J connectivity index is 1.01. The maximum absolute atomic E-state index is 6.32. The number of benzene rings is 8. The molecule has 5 nitrogen and oxygen atoms in total. The maximum atomic E-state index is 6.32. The van der Waals surface area contributed by atoms with Crippen LogP contribution in [-0.4, -0.2) is 19.5 Å². The van der Waals surface area contributed by atoms with Crippen molar-refractivity contribution in [3.63, 3.8) is 0 Å². The van der Waals surface area contributed by atoms with Crippen LogP contribution in [0.1, 0.15) is 0 Å². The van der Waals surface area contributed by atoms with Crippen LogP contribution < -0.4 is 0 Å². The predicted octanol–water partition coefficient (Wildman–Crippen LogP) is 13.9. The van der Waals surface area contributed by atoms with Gasteiger partial charge in [-0.3, -0.25) is 0 Å². The molecule has 4 aromatic heterocycles. The van der Waals surface area contributed by atoms with Crippen molar-refractivity contribution >= 4 is 75.3 Å². The molecule has 0 radical (unpaired) electrons. The third-order valence-electron chi connectivity index (χ3n) is 11.0. The van der Waals surface area contributed by atoms with Gasteiger partial charge in [0.15, 0.2) is 17.5 Å². The van der Waals surface area contributed by atoms with Gasteiger partial charge in [0.2, 0.25) is 0 Å². The molecule has 0 amide bonds. The Morgan fingerprint density at radius 1 is 0.404 bits per heavy atom. The zero-order valence-corrected chi connectivity index (χ0v) is 31.2. The van der Waals surface area contributed by atoms with Gasteiger partial charge in [-0.1, -0.05) is 127 Å². The SMILES string of the molecule is c1ccc(-c2nc(-c3cccc(-c4cccc(-n5c6ccccc6c6c7c(ccc65)oc5ccccc57)c4)c3)nc(-c3cccc4c3sc3ccccc34)n2)cc1. The number of fused-ring (bicyclic) bond motifs is 10. The second kappa shape index (κ2) is 12.6. The molecule has 0 spiro atoms. The molecular formula is C51H30N4OS. The van der Waals surface area contributed by atoms with Gasteiger partial charge in [0.25, 0.3) is 0 Å². The first-order chi connectivity index (χ1) is 28.2. The molecular weight excluding hydrogens is 717 g/mol. The number of nitrogens with zero attached hydrogens (tertiary/aromatic N) is 4. The Morgan fingerprint density at radius 3 is 1.95 bits per heavy atom. The van der Waals surface area contributed by atoms with E-state index in [1.165, 1.54) is 30.9 Å². The molecule has 0 aliphatic rings. The molecule has 266 valence electrons. The van der Waals surface area contributed by atoms with E-state index < -0.39 is 0 Å². The molecule has 12 rings (SSSR count). The van der Waals surface area contributed by atoms with Crippen LogP contribution in [-0.2, 0) is 0 Å². The molecule has 0 fully saturated rings. The topological polar surface area (TPSA) is 56.7 Å². The highest BCUT2D eigenvalue weighted by atomic mass is 32.1. The molecule has 0 saturated heterocycles. The molecule has 0 unspecified atom stereocenters. The summed E-state index contributed by atoms with van der Waals surface area (Å²) in [6.07, 6.45) is 0. The van der Waals surface area contributed by atoms with Crippen molar-refractivity contribution in [1.29, 1.82) is 0 Å². The van der Waals surface area contributed by atoms with Crippen LogP contribution in [0.5, 0.6) is 0 Å². The van der Waals surface area contributed by atoms with Crippen molar-refractivity contribution in [2.45, 2.75) is 0 Å². The first kappa shape index (κ1) is 31.9. The van der Waals surface area contributed by atoms with Gasteiger partial charge in [0.1, 0.15) is 11.2 Å². The summed E-state index contributed by atoms with van der Waals surface area (Å²) in [4.78, 5) is 15.4. The fourth-order valence-corrected chi connectivity index (χ4v) is 9.69. The number of thiophene rings is 1. The van der Waals surface area contributed by atoms with Crippen molar-refractivity contribution in [1.82, 2.24) is 19.5 Å². The Hall–Kier alpha value is -7.41. The van der Waals surface area contributed by atoms with Crippen LogP contribution in [0.15, 0.2) is 186 Å². The van der Waals surface area contributed by atoms with Crippen LogP contribution in [0, 0.1) is 0 Å². The van der Waals surface area contributed by atoms with Crippen LogP contribution in [0.3, 0.4) is 0 Å². The Morgan fingerprint density at radius 2 is 1.05 bits per heavy atom. The highest BCUT2D eigenvalue weighted by Gasteiger charge is 2.20. The van der Waals surface area contributed by atoms with E-state index in [0.717, 1.165) is 66.5 Å². The van der Waals surface area contributed by atoms with Crippen LogP contribution in [0.2, 0.25) is 0 Å². The van der Waals surface area contributed by atoms with Crippen molar-refractivity contribution in [2.75, 3.05) is 0 Å². The Kier molecular flexibility index (Phi) is 7.03. The zero-order valence-electron chi connectivity index (χ0n) is 30.4. The molecule has 4 heterocycles. The third kappa shape index (κ3) is 5.04. The third-order valence-corrected chi connectivity index (χ3v) is 12.3. The van der Waals surface area contributed by atoms with E-state index in [1.807, 2.05) is 30.3 Å². The molecule has 12 aromatic rings. The molecule has 6 heteroatoms. The lowest BCUT2D eigenvalue weighted by Gasteiger charge is -2.12. The van der Waals surface area contributed by atoms with Gasteiger partial charge in [-0.15, -0.1) is 11.3 Å². The smallest absolute Gasteiger partial charge is 0.165 e. The lowest BCUT2D eigenvalue weighted by Crippen LogP contribution is -2.00. The summed E-state index contributed by atoms with van der Waals surface area (Å²) < 4.78 is 11.1. The molecule has 0 atom stereocenters. The minimum atomic E-state index is 0.633. The van der Waals surface area contributed by atoms with Gasteiger partial charge in [-0.05, 0) is 65.7 Å². The summed E-state index contributed by atoms with van der Waals surface area (Å²) in [5, 5.41) is 7.14. The fraction of sp³-hybridized carbons (Fsp3) is 0. The average molecular weight is 747 g/mol. The number of para-hydroxylation sites is 2. The molecule has 0 bridgehead atoms. The second-order valence-electron chi connectivity index (χ2n) is 14.4. The zero-order chi connectivity index (χ0) is 37.5. The fourth-order valence-electron chi connectivity index (χ4n) is 8.48. The second-order valence-corrected chi connectivity index (χ2v) is 15.4. The van der Waals surface area contributed by atoms with Crippen LogP contribution in [0.25, 0.3) is 115 Å². The monoisotopic (exact) mass is 746 g/mol. The lowest BCUT2D eigenvalue weighted by atomic mass is 10.0. The number of hydrogen-bond acceptors (Lipinski definition) is 5. The summed E-state index contributed by atoms with van der Waals surface area (Å²) in [6, 6.07) is 63.7. The normalized spacial score (nSPS) is 11.9. The average Bonchev–Trinajstić information content (AvgIpc) is 3.96. The quantitative estimate of drug-likeness (QED) is 0.176. The summed E-state index contributed by atoms with van der Waals surface area (Å²) in [7, 11) is 0. The summed E-state index contributed by atoms with van der Waals surface area (Å²) >= 11 is 1.78. The van der Waals surface area contributed by atoms with Gasteiger partial charge in [-0.25, -0.2) is 15.0 Å². The van der Waals surface area contributed by atoms with E-state index in [2.05, 4.69) is 156 Å². The number of rotatable bonds is 5. The van der Waals surface area contributed by atoms with Crippen molar-refractivity contribution in [3.05, 3.63) is 182 Å². The van der Waals surface area contributed by atoms with E-state index >= 15 is 0 Å². The van der Waals surface area contributed by atoms with Crippen molar-refractivity contribution in [3.8, 4) is 51.0 Å². The van der Waals surface area contributed by atoms with E-state index in [4.69, 9.17) is 19.4 Å². The molecule has 0 aliphatic carbocycles. The van der Waals surface area contributed by atoms with Gasteiger partial charge in [0, 0.05) is 64.1 Å². The van der Waals surface area contributed by atoms with Crippen molar-refractivity contribution < 1.29 is 4.42 Å². The predicted molar refractivity (Wildman–Crippen MR) is 236 cm³/mol. The Labute approximate surface area is 330 Å². The van der Waals surface area contributed by atoms with Crippen molar-refractivity contribution in [2.24, 2.45) is 0 Å². The minimum Gasteiger partial charge on any atom is -0.456 e. The highest BCUT2D eigenvalue weighted by Crippen LogP contribution is 2.42. The minimum absolute atomic E-state index is 0.633. The van der Waals surface area contributed by atoms with E-state index in [-0.39, 0.29) is 0 Å². The van der Waals surface area contributed by atoms with Gasteiger partial charge >= 0.3 is 0 Å². The molecule has 0 aliphatic heterocycles. The Bertz CT molecular complexity index is 3540. The van der Waals surface area contributed by atoms with E-state index in [9.17, 15) is 0 Å². The molecule has 8 aromatic carbocycles. The standard InChI is InChI=1S/C51H30N4OS/c1-2-13-31(14-3-1)49-52-50(54-51(53-49)40-23-12-22-37-36-19-6-9-26-45(36)57-48(37)40)34-17-10-15-32(29-34)33-16-11-18-35(30-33)55-41-24-7-4-20-38(41)46-42(55)27-28-44-47(46)39-21-5-8-25-43(39)56-44/h1-30H. The summed E-state index contributed by atoms with van der Waals surface area (Å²) in [6.45, 7) is 0. The van der Waals surface area contributed by atoms with Crippen LogP contribution in [0.4, 0.5) is 0 Å². The van der Waals surface area contributed by atoms with Gasteiger partial charge < -0.3 is 8.98 Å². The molecule has 57 heavy (non-hydrogen) atoms. The first-order valence-corrected chi connectivity index (χ1v) is 19.8.